The van der Waals surface area contributed by atoms with E-state index in [9.17, 15) is 4.79 Å². The van der Waals surface area contributed by atoms with Crippen LogP contribution < -0.4 is 0 Å². The summed E-state index contributed by atoms with van der Waals surface area (Å²) in [5.41, 5.74) is 2.35. The first-order valence-electron chi connectivity index (χ1n) is 8.59. The first-order chi connectivity index (χ1) is 12.2. The Morgan fingerprint density at radius 3 is 3.00 bits per heavy atom. The Hall–Kier alpha value is -1.76. The highest BCUT2D eigenvalue weighted by Gasteiger charge is 2.28. The Labute approximate surface area is 155 Å². The minimum atomic E-state index is 0.120. The summed E-state index contributed by atoms with van der Waals surface area (Å²) >= 11 is 3.22. The third-order valence-corrected chi connectivity index (χ3v) is 6.61. The summed E-state index contributed by atoms with van der Waals surface area (Å²) in [7, 11) is 0. The highest BCUT2D eigenvalue weighted by Crippen LogP contribution is 2.27. The second-order valence-corrected chi connectivity index (χ2v) is 8.34. The predicted molar refractivity (Wildman–Crippen MR) is 103 cm³/mol. The monoisotopic (exact) mass is 371 g/mol. The molecule has 1 saturated heterocycles. The zero-order chi connectivity index (χ0) is 17.2. The number of thiazole rings is 1. The zero-order valence-electron chi connectivity index (χ0n) is 14.2. The van der Waals surface area contributed by atoms with Crippen LogP contribution in [-0.2, 0) is 6.54 Å². The van der Waals surface area contributed by atoms with Crippen LogP contribution in [-0.4, -0.2) is 33.3 Å². The van der Waals surface area contributed by atoms with E-state index in [1.807, 2.05) is 29.9 Å². The second kappa shape index (κ2) is 7.23. The van der Waals surface area contributed by atoms with Gasteiger partial charge in [-0.1, -0.05) is 0 Å². The average Bonchev–Trinajstić information content (AvgIpc) is 3.35. The Morgan fingerprint density at radius 2 is 2.24 bits per heavy atom. The van der Waals surface area contributed by atoms with Crippen molar-refractivity contribution in [3.8, 4) is 5.13 Å². The Morgan fingerprint density at radius 1 is 1.32 bits per heavy atom. The SMILES string of the molecule is Cc1ccsc1C(=O)[C@@H]1CCCN(Cc2cccn2-c2nccs2)C1. The van der Waals surface area contributed by atoms with Crippen molar-refractivity contribution < 1.29 is 4.79 Å². The van der Waals surface area contributed by atoms with Crippen LogP contribution in [0.2, 0.25) is 0 Å². The molecule has 0 aromatic carbocycles. The summed E-state index contributed by atoms with van der Waals surface area (Å²) in [5.74, 6) is 0.446. The van der Waals surface area contributed by atoms with Gasteiger partial charge in [-0.05, 0) is 55.5 Å². The van der Waals surface area contributed by atoms with E-state index in [4.69, 9.17) is 0 Å². The molecule has 1 aliphatic rings. The van der Waals surface area contributed by atoms with Gasteiger partial charge in [-0.2, -0.15) is 0 Å². The minimum Gasteiger partial charge on any atom is -0.297 e. The van der Waals surface area contributed by atoms with Crippen LogP contribution in [0.1, 0.15) is 33.8 Å². The number of nitrogens with zero attached hydrogens (tertiary/aromatic N) is 3. The van der Waals surface area contributed by atoms with Crippen LogP contribution in [0.25, 0.3) is 5.13 Å². The van der Waals surface area contributed by atoms with E-state index in [0.717, 1.165) is 48.0 Å². The first kappa shape index (κ1) is 16.7. The maximum atomic E-state index is 12.9. The van der Waals surface area contributed by atoms with Crippen LogP contribution in [0.5, 0.6) is 0 Å². The van der Waals surface area contributed by atoms with Crippen molar-refractivity contribution in [3.63, 3.8) is 0 Å². The molecular formula is C19H21N3OS2. The van der Waals surface area contributed by atoms with Crippen LogP contribution in [0, 0.1) is 12.8 Å². The van der Waals surface area contributed by atoms with Crippen molar-refractivity contribution in [2.45, 2.75) is 26.3 Å². The van der Waals surface area contributed by atoms with Crippen LogP contribution in [0.15, 0.2) is 41.4 Å². The summed E-state index contributed by atoms with van der Waals surface area (Å²) < 4.78 is 2.15. The van der Waals surface area contributed by atoms with Crippen LogP contribution in [0.3, 0.4) is 0 Å². The van der Waals surface area contributed by atoms with E-state index in [-0.39, 0.29) is 5.92 Å². The lowest BCUT2D eigenvalue weighted by Crippen LogP contribution is -2.38. The highest BCUT2D eigenvalue weighted by molar-refractivity contribution is 7.12. The van der Waals surface area contributed by atoms with Crippen LogP contribution >= 0.6 is 22.7 Å². The highest BCUT2D eigenvalue weighted by atomic mass is 32.1. The van der Waals surface area contributed by atoms with Gasteiger partial charge >= 0.3 is 0 Å². The van der Waals surface area contributed by atoms with Gasteiger partial charge in [0, 0.05) is 42.5 Å². The summed E-state index contributed by atoms with van der Waals surface area (Å²) in [6.45, 7) is 4.79. The third kappa shape index (κ3) is 3.47. The fraction of sp³-hybridized carbons (Fsp3) is 0.368. The normalized spacial score (nSPS) is 18.5. The number of ketones is 1. The molecule has 1 aliphatic heterocycles. The number of rotatable bonds is 5. The van der Waals surface area contributed by atoms with Crippen molar-refractivity contribution in [2.75, 3.05) is 13.1 Å². The van der Waals surface area contributed by atoms with Gasteiger partial charge in [-0.25, -0.2) is 4.98 Å². The number of hydrogen-bond donors (Lipinski definition) is 0. The molecule has 6 heteroatoms. The van der Waals surface area contributed by atoms with E-state index in [0.29, 0.717) is 5.78 Å². The molecule has 1 atom stereocenters. The maximum absolute atomic E-state index is 12.9. The van der Waals surface area contributed by atoms with Gasteiger partial charge in [-0.15, -0.1) is 22.7 Å². The fourth-order valence-corrected chi connectivity index (χ4v) is 5.12. The topological polar surface area (TPSA) is 38.1 Å². The van der Waals surface area contributed by atoms with Gasteiger partial charge in [0.2, 0.25) is 0 Å². The number of carbonyl (C=O) groups is 1. The third-order valence-electron chi connectivity index (χ3n) is 4.81. The Kier molecular flexibility index (Phi) is 4.83. The molecule has 25 heavy (non-hydrogen) atoms. The lowest BCUT2D eigenvalue weighted by molar-refractivity contribution is 0.0813. The summed E-state index contributed by atoms with van der Waals surface area (Å²) in [6.07, 6.45) is 5.98. The van der Waals surface area contributed by atoms with Crippen molar-refractivity contribution in [2.24, 2.45) is 5.92 Å². The van der Waals surface area contributed by atoms with E-state index >= 15 is 0 Å². The van der Waals surface area contributed by atoms with Gasteiger partial charge in [0.15, 0.2) is 10.9 Å². The van der Waals surface area contributed by atoms with Crippen LogP contribution in [0.4, 0.5) is 0 Å². The quantitative estimate of drug-likeness (QED) is 0.624. The molecule has 0 unspecified atom stereocenters. The molecule has 0 bridgehead atoms. The standard InChI is InChI=1S/C19H21N3OS2/c1-14-6-10-24-18(14)17(23)15-4-2-8-21(12-15)13-16-5-3-9-22(16)19-20-7-11-25-19/h3,5-7,9-11,15H,2,4,8,12-13H2,1H3/t15-/m1/s1. The number of aryl methyl sites for hydroxylation is 1. The molecule has 4 rings (SSSR count). The summed E-state index contributed by atoms with van der Waals surface area (Å²) in [4.78, 5) is 20.6. The van der Waals surface area contributed by atoms with Crippen molar-refractivity contribution in [1.82, 2.24) is 14.5 Å². The number of likely N-dealkylation sites (tertiary alicyclic amines) is 1. The average molecular weight is 372 g/mol. The molecule has 1 fully saturated rings. The van der Waals surface area contributed by atoms with E-state index < -0.39 is 0 Å². The van der Waals surface area contributed by atoms with Gasteiger partial charge in [0.25, 0.3) is 0 Å². The van der Waals surface area contributed by atoms with Gasteiger partial charge in [0.1, 0.15) is 0 Å². The molecule has 3 aromatic rings. The molecule has 3 aromatic heterocycles. The van der Waals surface area contributed by atoms with Gasteiger partial charge in [0.05, 0.1) is 4.88 Å². The summed E-state index contributed by atoms with van der Waals surface area (Å²) in [5, 5.41) is 5.01. The van der Waals surface area contributed by atoms with Gasteiger partial charge in [-0.3, -0.25) is 14.3 Å². The number of thiophene rings is 1. The van der Waals surface area contributed by atoms with Gasteiger partial charge < -0.3 is 0 Å². The van der Waals surface area contributed by atoms with E-state index in [2.05, 4.69) is 32.8 Å². The van der Waals surface area contributed by atoms with Crippen molar-refractivity contribution in [1.29, 1.82) is 0 Å². The molecule has 0 aliphatic carbocycles. The largest absolute Gasteiger partial charge is 0.297 e. The van der Waals surface area contributed by atoms with Crippen molar-refractivity contribution in [3.05, 3.63) is 57.5 Å². The van der Waals surface area contributed by atoms with Crippen molar-refractivity contribution >= 4 is 28.5 Å². The Balaban J connectivity index is 1.47. The summed E-state index contributed by atoms with van der Waals surface area (Å²) in [6, 6.07) is 6.26. The fourth-order valence-electron chi connectivity index (χ4n) is 3.52. The molecule has 4 nitrogen and oxygen atoms in total. The minimum absolute atomic E-state index is 0.120. The zero-order valence-corrected chi connectivity index (χ0v) is 15.9. The number of Topliss-reactive ketones (excluding diaryl/α,β-unsaturated/α-hetero) is 1. The smallest absolute Gasteiger partial charge is 0.193 e. The molecule has 0 saturated carbocycles. The number of carbonyl (C=O) groups excluding carboxylic acids is 1. The lowest BCUT2D eigenvalue weighted by atomic mass is 9.92. The number of hydrogen-bond acceptors (Lipinski definition) is 5. The molecule has 0 amide bonds. The number of aromatic nitrogens is 2. The maximum Gasteiger partial charge on any atom is 0.193 e. The lowest BCUT2D eigenvalue weighted by Gasteiger charge is -2.32. The first-order valence-corrected chi connectivity index (χ1v) is 10.3. The van der Waals surface area contributed by atoms with E-state index in [1.54, 1.807) is 22.7 Å². The predicted octanol–water partition coefficient (Wildman–Crippen LogP) is 4.40. The molecule has 0 spiro atoms. The second-order valence-electron chi connectivity index (χ2n) is 6.56. The van der Waals surface area contributed by atoms with E-state index in [1.165, 1.54) is 5.69 Å². The Bertz CT molecular complexity index is 850. The molecule has 0 N–H and O–H groups in total. The molecule has 0 radical (unpaired) electrons. The number of piperidine rings is 1. The molecule has 4 heterocycles. The molecule has 130 valence electrons. The molecular weight excluding hydrogens is 350 g/mol.